The van der Waals surface area contributed by atoms with E-state index in [0.29, 0.717) is 6.54 Å². The monoisotopic (exact) mass is 404 g/mol. The number of pyridine rings is 1. The van der Waals surface area contributed by atoms with Crippen LogP contribution >= 0.6 is 24.8 Å². The Balaban J connectivity index is 0.00000169. The van der Waals surface area contributed by atoms with Crippen molar-refractivity contribution in [2.75, 3.05) is 18.0 Å². The van der Waals surface area contributed by atoms with Crippen molar-refractivity contribution in [3.8, 4) is 0 Å². The van der Waals surface area contributed by atoms with Crippen molar-refractivity contribution in [2.45, 2.75) is 63.8 Å². The molecule has 1 saturated carbocycles. The average Bonchev–Trinajstić information content (AvgIpc) is 3.00. The van der Waals surface area contributed by atoms with Gasteiger partial charge in [-0.15, -0.1) is 24.8 Å². The molecule has 1 saturated heterocycles. The number of nitrogens with one attached hydrogen (secondary N) is 1. The van der Waals surface area contributed by atoms with Gasteiger partial charge in [0.25, 0.3) is 0 Å². The third-order valence-corrected chi connectivity index (χ3v) is 4.95. The smallest absolute Gasteiger partial charge is 0.240 e. The first kappa shape index (κ1) is 23.0. The van der Waals surface area contributed by atoms with Crippen molar-refractivity contribution in [3.63, 3.8) is 0 Å². The number of nitrogens with zero attached hydrogens (tertiary/aromatic N) is 2. The summed E-state index contributed by atoms with van der Waals surface area (Å²) in [6, 6.07) is 4.03. The van der Waals surface area contributed by atoms with Gasteiger partial charge in [0.2, 0.25) is 5.91 Å². The van der Waals surface area contributed by atoms with Gasteiger partial charge in [-0.25, -0.2) is 4.98 Å². The summed E-state index contributed by atoms with van der Waals surface area (Å²) in [4.78, 5) is 19.0. The number of ether oxygens (including phenoxy) is 1. The van der Waals surface area contributed by atoms with Crippen LogP contribution in [0.25, 0.3) is 0 Å². The Kier molecular flexibility index (Phi) is 8.60. The molecule has 148 valence electrons. The molecule has 6 nitrogen and oxygen atoms in total. The fraction of sp³-hybridized carbons (Fsp3) is 0.667. The largest absolute Gasteiger partial charge is 0.372 e. The predicted molar refractivity (Wildman–Crippen MR) is 108 cm³/mol. The fourth-order valence-corrected chi connectivity index (χ4v) is 3.66. The highest BCUT2D eigenvalue weighted by Crippen LogP contribution is 2.27. The molecule has 0 spiro atoms. The zero-order valence-corrected chi connectivity index (χ0v) is 17.1. The molecular weight excluding hydrogens is 375 g/mol. The van der Waals surface area contributed by atoms with Gasteiger partial charge < -0.3 is 20.7 Å². The Labute approximate surface area is 168 Å². The van der Waals surface area contributed by atoms with E-state index < -0.39 is 5.54 Å². The number of carbonyl (C=O) groups is 1. The van der Waals surface area contributed by atoms with Crippen molar-refractivity contribution >= 4 is 36.5 Å². The molecule has 8 heteroatoms. The standard InChI is InChI=1S/C18H28N4O2.2ClH/c1-13-11-22(12-14(2)24-13)16-6-5-15(9-20-16)10-21-17(23)18(19)7-3-4-8-18;;/h5-6,9,13-14H,3-4,7-8,10-12,19H2,1-2H3,(H,21,23);2*1H. The summed E-state index contributed by atoms with van der Waals surface area (Å²) >= 11 is 0. The Hall–Kier alpha value is -1.08. The second-order valence-electron chi connectivity index (χ2n) is 7.23. The van der Waals surface area contributed by atoms with Crippen molar-refractivity contribution in [1.29, 1.82) is 0 Å². The molecule has 0 radical (unpaired) electrons. The van der Waals surface area contributed by atoms with E-state index in [0.717, 1.165) is 50.2 Å². The zero-order chi connectivity index (χ0) is 17.2. The lowest BCUT2D eigenvalue weighted by Crippen LogP contribution is -2.51. The minimum absolute atomic E-state index is 0. The number of anilines is 1. The zero-order valence-electron chi connectivity index (χ0n) is 15.4. The molecule has 2 heterocycles. The van der Waals surface area contributed by atoms with Crippen molar-refractivity contribution in [3.05, 3.63) is 23.9 Å². The van der Waals surface area contributed by atoms with E-state index in [1.54, 1.807) is 0 Å². The molecule has 0 bridgehead atoms. The molecule has 2 aliphatic rings. The molecule has 2 atom stereocenters. The van der Waals surface area contributed by atoms with Crippen LogP contribution in [0.4, 0.5) is 5.82 Å². The summed E-state index contributed by atoms with van der Waals surface area (Å²) in [5, 5.41) is 2.96. The van der Waals surface area contributed by atoms with E-state index >= 15 is 0 Å². The number of aromatic nitrogens is 1. The Bertz CT molecular complexity index is 569. The average molecular weight is 405 g/mol. The van der Waals surface area contributed by atoms with Crippen LogP contribution in [0, 0.1) is 0 Å². The quantitative estimate of drug-likeness (QED) is 0.804. The highest BCUT2D eigenvalue weighted by atomic mass is 35.5. The second-order valence-corrected chi connectivity index (χ2v) is 7.23. The van der Waals surface area contributed by atoms with E-state index in [1.165, 1.54) is 0 Å². The predicted octanol–water partition coefficient (Wildman–Crippen LogP) is 2.43. The Morgan fingerprint density at radius 3 is 2.42 bits per heavy atom. The van der Waals surface area contributed by atoms with Crippen LogP contribution in [0.2, 0.25) is 0 Å². The van der Waals surface area contributed by atoms with E-state index in [-0.39, 0.29) is 42.9 Å². The lowest BCUT2D eigenvalue weighted by molar-refractivity contribution is -0.126. The van der Waals surface area contributed by atoms with E-state index in [1.807, 2.05) is 18.3 Å². The summed E-state index contributed by atoms with van der Waals surface area (Å²) in [7, 11) is 0. The van der Waals surface area contributed by atoms with Gasteiger partial charge in [0.1, 0.15) is 5.82 Å². The maximum atomic E-state index is 12.2. The normalized spacial score (nSPS) is 24.3. The first-order valence-electron chi connectivity index (χ1n) is 8.89. The first-order valence-corrected chi connectivity index (χ1v) is 8.89. The number of morpholine rings is 1. The van der Waals surface area contributed by atoms with Gasteiger partial charge in [-0.2, -0.15) is 0 Å². The Morgan fingerprint density at radius 1 is 1.27 bits per heavy atom. The second kappa shape index (κ2) is 9.74. The third-order valence-electron chi connectivity index (χ3n) is 4.95. The summed E-state index contributed by atoms with van der Waals surface area (Å²) in [5.41, 5.74) is 6.48. The maximum Gasteiger partial charge on any atom is 0.240 e. The van der Waals surface area contributed by atoms with E-state index in [2.05, 4.69) is 29.0 Å². The van der Waals surface area contributed by atoms with Crippen LogP contribution in [0.5, 0.6) is 0 Å². The van der Waals surface area contributed by atoms with Gasteiger partial charge in [-0.1, -0.05) is 18.9 Å². The minimum Gasteiger partial charge on any atom is -0.372 e. The van der Waals surface area contributed by atoms with Gasteiger partial charge in [0.15, 0.2) is 0 Å². The highest BCUT2D eigenvalue weighted by molar-refractivity contribution is 5.86. The van der Waals surface area contributed by atoms with E-state index in [9.17, 15) is 4.79 Å². The molecular formula is C18H30Cl2N4O2. The molecule has 3 N–H and O–H groups in total. The molecule has 2 unspecified atom stereocenters. The van der Waals surface area contributed by atoms with Crippen molar-refractivity contribution in [1.82, 2.24) is 10.3 Å². The number of amides is 1. The van der Waals surface area contributed by atoms with Crippen LogP contribution in [0.3, 0.4) is 0 Å². The Morgan fingerprint density at radius 2 is 1.88 bits per heavy atom. The van der Waals surface area contributed by atoms with Gasteiger partial charge in [-0.05, 0) is 38.3 Å². The topological polar surface area (TPSA) is 80.5 Å². The van der Waals surface area contributed by atoms with Gasteiger partial charge in [0.05, 0.1) is 17.7 Å². The fourth-order valence-electron chi connectivity index (χ4n) is 3.66. The third kappa shape index (κ3) is 5.46. The molecule has 1 aliphatic carbocycles. The van der Waals surface area contributed by atoms with Crippen LogP contribution < -0.4 is 16.0 Å². The number of hydrogen-bond acceptors (Lipinski definition) is 5. The SMILES string of the molecule is CC1CN(c2ccc(CNC(=O)C3(N)CCCC3)cn2)CC(C)O1.Cl.Cl. The minimum atomic E-state index is -0.673. The van der Waals surface area contributed by atoms with Gasteiger partial charge in [0, 0.05) is 25.8 Å². The molecule has 0 aromatic carbocycles. The number of carbonyl (C=O) groups excluding carboxylic acids is 1. The number of rotatable bonds is 4. The number of nitrogens with two attached hydrogens (primary N) is 1. The van der Waals surface area contributed by atoms with Crippen LogP contribution in [0.1, 0.15) is 45.1 Å². The first-order chi connectivity index (χ1) is 11.5. The van der Waals surface area contributed by atoms with Crippen LogP contribution in [0.15, 0.2) is 18.3 Å². The summed E-state index contributed by atoms with van der Waals surface area (Å²) < 4.78 is 5.76. The van der Waals surface area contributed by atoms with Gasteiger partial charge >= 0.3 is 0 Å². The molecule has 3 rings (SSSR count). The molecule has 26 heavy (non-hydrogen) atoms. The summed E-state index contributed by atoms with van der Waals surface area (Å²) in [6.45, 7) is 6.34. The summed E-state index contributed by atoms with van der Waals surface area (Å²) in [5.74, 6) is 0.915. The van der Waals surface area contributed by atoms with Crippen molar-refractivity contribution in [2.24, 2.45) is 5.73 Å². The number of halogens is 2. The van der Waals surface area contributed by atoms with Crippen molar-refractivity contribution < 1.29 is 9.53 Å². The van der Waals surface area contributed by atoms with Crippen LogP contribution in [-0.2, 0) is 16.1 Å². The molecule has 1 aliphatic heterocycles. The highest BCUT2D eigenvalue weighted by Gasteiger charge is 2.36. The van der Waals surface area contributed by atoms with Gasteiger partial charge in [-0.3, -0.25) is 4.79 Å². The van der Waals surface area contributed by atoms with Crippen LogP contribution in [-0.4, -0.2) is 41.7 Å². The molecule has 1 aromatic heterocycles. The number of hydrogen-bond donors (Lipinski definition) is 2. The molecule has 1 amide bonds. The molecule has 1 aromatic rings. The lowest BCUT2D eigenvalue weighted by Gasteiger charge is -2.36. The lowest BCUT2D eigenvalue weighted by atomic mass is 9.98. The van der Waals surface area contributed by atoms with E-state index in [4.69, 9.17) is 10.5 Å². The molecule has 2 fully saturated rings. The maximum absolute atomic E-state index is 12.2. The summed E-state index contributed by atoms with van der Waals surface area (Å²) in [6.07, 6.45) is 5.89.